The summed E-state index contributed by atoms with van der Waals surface area (Å²) in [5.74, 6) is -0.236. The number of fused-ring (bicyclic) bond motifs is 1. The molecule has 1 heterocycles. The molecule has 24 heavy (non-hydrogen) atoms. The molecule has 0 N–H and O–H groups in total. The second kappa shape index (κ2) is 6.32. The summed E-state index contributed by atoms with van der Waals surface area (Å²) < 4.78 is 13.5. The smallest absolute Gasteiger partial charge is 0.269 e. The lowest BCUT2D eigenvalue weighted by Gasteiger charge is -2.07. The second-order valence-corrected chi connectivity index (χ2v) is 6.42. The Labute approximate surface area is 139 Å². The highest BCUT2D eigenvalue weighted by atomic mass is 32.2. The minimum Gasteiger partial charge on any atom is -0.309 e. The first kappa shape index (κ1) is 16.0. The minimum atomic E-state index is -1.35. The molecule has 8 heteroatoms. The van der Waals surface area contributed by atoms with Crippen LogP contribution in [0, 0.1) is 10.1 Å². The summed E-state index contributed by atoms with van der Waals surface area (Å²) in [6.07, 6.45) is 1.51. The second-order valence-electron chi connectivity index (χ2n) is 5.15. The van der Waals surface area contributed by atoms with Crippen LogP contribution in [0.25, 0.3) is 11.0 Å². The number of benzene rings is 2. The number of rotatable bonds is 5. The summed E-state index contributed by atoms with van der Waals surface area (Å²) >= 11 is 0. The quantitative estimate of drug-likeness (QED) is 0.403. The number of hydrogen-bond donors (Lipinski definition) is 0. The summed E-state index contributed by atoms with van der Waals surface area (Å²) in [6.45, 7) is -0.0345. The van der Waals surface area contributed by atoms with Gasteiger partial charge in [-0.25, -0.2) is 4.98 Å². The van der Waals surface area contributed by atoms with Crippen LogP contribution < -0.4 is 0 Å². The summed E-state index contributed by atoms with van der Waals surface area (Å²) in [5, 5.41) is 11.0. The fourth-order valence-corrected chi connectivity index (χ4v) is 3.13. The number of imidazole rings is 1. The first-order valence-corrected chi connectivity index (χ1v) is 8.59. The Balaban J connectivity index is 1.97. The van der Waals surface area contributed by atoms with Gasteiger partial charge in [-0.3, -0.25) is 19.1 Å². The highest BCUT2D eigenvalue weighted by Gasteiger charge is 2.17. The van der Waals surface area contributed by atoms with E-state index < -0.39 is 15.7 Å². The number of Topliss-reactive ketones (excluding diaryl/α,β-unsaturated/α-hetero) is 1. The summed E-state index contributed by atoms with van der Waals surface area (Å²) in [5.41, 5.74) is 1.67. The number of para-hydroxylation sites is 2. The van der Waals surface area contributed by atoms with E-state index in [0.29, 0.717) is 16.2 Å². The van der Waals surface area contributed by atoms with Gasteiger partial charge in [-0.2, -0.15) is 0 Å². The van der Waals surface area contributed by atoms with Crippen molar-refractivity contribution in [2.75, 3.05) is 6.26 Å². The third-order valence-corrected chi connectivity index (χ3v) is 4.40. The molecule has 3 rings (SSSR count). The van der Waals surface area contributed by atoms with Crippen molar-refractivity contribution in [3.05, 3.63) is 64.2 Å². The van der Waals surface area contributed by atoms with E-state index >= 15 is 0 Å². The third-order valence-electron chi connectivity index (χ3n) is 3.58. The maximum absolute atomic E-state index is 12.5. The number of non-ortho nitro benzene ring substituents is 1. The number of nitro benzene ring substituents is 1. The minimum absolute atomic E-state index is 0.0345. The molecule has 1 atom stereocenters. The van der Waals surface area contributed by atoms with Gasteiger partial charge in [-0.15, -0.1) is 0 Å². The van der Waals surface area contributed by atoms with Crippen LogP contribution >= 0.6 is 0 Å². The van der Waals surface area contributed by atoms with Crippen LogP contribution in [0.2, 0.25) is 0 Å². The van der Waals surface area contributed by atoms with E-state index in [2.05, 4.69) is 4.98 Å². The average molecular weight is 343 g/mol. The number of aromatic nitrogens is 2. The fraction of sp³-hybridized carbons (Fsp3) is 0.125. The Kier molecular flexibility index (Phi) is 4.22. The predicted molar refractivity (Wildman–Crippen MR) is 89.5 cm³/mol. The average Bonchev–Trinajstić information content (AvgIpc) is 2.94. The summed E-state index contributed by atoms with van der Waals surface area (Å²) in [4.78, 5) is 27.0. The summed E-state index contributed by atoms with van der Waals surface area (Å²) in [6, 6.07) is 12.7. The van der Waals surface area contributed by atoms with Gasteiger partial charge in [0.1, 0.15) is 0 Å². The Morgan fingerprint density at radius 1 is 1.21 bits per heavy atom. The van der Waals surface area contributed by atoms with Crippen molar-refractivity contribution in [1.82, 2.24) is 9.55 Å². The first-order chi connectivity index (χ1) is 11.5. The van der Waals surface area contributed by atoms with E-state index in [-0.39, 0.29) is 18.0 Å². The highest BCUT2D eigenvalue weighted by Crippen LogP contribution is 2.19. The Morgan fingerprint density at radius 2 is 1.88 bits per heavy atom. The Morgan fingerprint density at radius 3 is 2.50 bits per heavy atom. The number of nitrogens with zero attached hydrogens (tertiary/aromatic N) is 3. The van der Waals surface area contributed by atoms with Crippen molar-refractivity contribution in [1.29, 1.82) is 0 Å². The number of hydrogen-bond acceptors (Lipinski definition) is 5. The van der Waals surface area contributed by atoms with Crippen LogP contribution in [-0.2, 0) is 17.3 Å². The lowest BCUT2D eigenvalue weighted by atomic mass is 10.1. The number of ketones is 1. The normalized spacial score (nSPS) is 12.2. The van der Waals surface area contributed by atoms with Gasteiger partial charge < -0.3 is 4.57 Å². The van der Waals surface area contributed by atoms with Gasteiger partial charge in [0.2, 0.25) is 0 Å². The van der Waals surface area contributed by atoms with Gasteiger partial charge >= 0.3 is 0 Å². The lowest BCUT2D eigenvalue weighted by Crippen LogP contribution is -2.13. The zero-order valence-corrected chi connectivity index (χ0v) is 13.5. The molecule has 0 amide bonds. The van der Waals surface area contributed by atoms with Crippen molar-refractivity contribution in [2.45, 2.75) is 11.7 Å². The van der Waals surface area contributed by atoms with Crippen LogP contribution in [0.4, 0.5) is 5.69 Å². The van der Waals surface area contributed by atoms with Crippen molar-refractivity contribution in [2.24, 2.45) is 0 Å². The SMILES string of the molecule is CS(=O)c1nc2ccccc2n1CC(=O)c1ccc([N+](=O)[O-])cc1. The van der Waals surface area contributed by atoms with Crippen molar-refractivity contribution < 1.29 is 13.9 Å². The molecular weight excluding hydrogens is 330 g/mol. The Hall–Kier alpha value is -2.87. The van der Waals surface area contributed by atoms with Crippen molar-refractivity contribution in [3.63, 3.8) is 0 Å². The van der Waals surface area contributed by atoms with Crippen molar-refractivity contribution >= 4 is 33.3 Å². The fourth-order valence-electron chi connectivity index (χ4n) is 2.43. The third kappa shape index (κ3) is 2.95. The van der Waals surface area contributed by atoms with E-state index in [9.17, 15) is 19.1 Å². The molecule has 0 fully saturated rings. The molecule has 3 aromatic rings. The molecule has 0 aliphatic rings. The van der Waals surface area contributed by atoms with E-state index in [1.165, 1.54) is 30.5 Å². The first-order valence-electron chi connectivity index (χ1n) is 7.03. The Bertz CT molecular complexity index is 963. The van der Waals surface area contributed by atoms with Gasteiger partial charge in [0.25, 0.3) is 5.69 Å². The van der Waals surface area contributed by atoms with Gasteiger partial charge in [0.05, 0.1) is 33.3 Å². The molecule has 0 spiro atoms. The topological polar surface area (TPSA) is 95.1 Å². The molecule has 0 saturated heterocycles. The molecule has 0 radical (unpaired) electrons. The lowest BCUT2D eigenvalue weighted by molar-refractivity contribution is -0.384. The largest absolute Gasteiger partial charge is 0.309 e. The highest BCUT2D eigenvalue weighted by molar-refractivity contribution is 7.84. The molecule has 2 aromatic carbocycles. The van der Waals surface area contributed by atoms with Crippen LogP contribution in [0.1, 0.15) is 10.4 Å². The molecule has 1 aromatic heterocycles. The molecule has 0 aliphatic carbocycles. The van der Waals surface area contributed by atoms with Crippen LogP contribution in [0.3, 0.4) is 0 Å². The van der Waals surface area contributed by atoms with Gasteiger partial charge in [-0.05, 0) is 24.3 Å². The molecule has 122 valence electrons. The predicted octanol–water partition coefficient (Wildman–Crippen LogP) is 2.56. The van der Waals surface area contributed by atoms with Crippen molar-refractivity contribution in [3.8, 4) is 0 Å². The van der Waals surface area contributed by atoms with Gasteiger partial charge in [0.15, 0.2) is 10.9 Å². The maximum Gasteiger partial charge on any atom is 0.269 e. The number of nitro groups is 1. The number of carbonyl (C=O) groups excluding carboxylic acids is 1. The van der Waals surface area contributed by atoms with E-state index in [0.717, 1.165) is 5.52 Å². The monoisotopic (exact) mass is 343 g/mol. The molecule has 1 unspecified atom stereocenters. The molecular formula is C16H13N3O4S. The van der Waals surface area contributed by atoms with Crippen LogP contribution in [0.5, 0.6) is 0 Å². The van der Waals surface area contributed by atoms with Crippen LogP contribution in [-0.4, -0.2) is 30.7 Å². The molecule has 0 saturated carbocycles. The molecule has 0 bridgehead atoms. The zero-order chi connectivity index (χ0) is 17.3. The number of carbonyl (C=O) groups is 1. The molecule has 7 nitrogen and oxygen atoms in total. The summed E-state index contributed by atoms with van der Waals surface area (Å²) in [7, 11) is -1.35. The van der Waals surface area contributed by atoms with E-state index in [4.69, 9.17) is 0 Å². The van der Waals surface area contributed by atoms with Gasteiger partial charge in [-0.1, -0.05) is 12.1 Å². The standard InChI is InChI=1S/C16H13N3O4S/c1-24(23)16-17-13-4-2-3-5-14(13)18(16)10-15(20)11-6-8-12(9-7-11)19(21)22/h2-9H,10H2,1H3. The zero-order valence-electron chi connectivity index (χ0n) is 12.7. The van der Waals surface area contributed by atoms with E-state index in [1.54, 1.807) is 10.6 Å². The van der Waals surface area contributed by atoms with Crippen LogP contribution in [0.15, 0.2) is 53.7 Å². The maximum atomic E-state index is 12.5. The van der Waals surface area contributed by atoms with E-state index in [1.807, 2.05) is 18.2 Å². The van der Waals surface area contributed by atoms with Gasteiger partial charge in [0, 0.05) is 24.0 Å². The molecule has 0 aliphatic heterocycles.